The zero-order chi connectivity index (χ0) is 17.5. The summed E-state index contributed by atoms with van der Waals surface area (Å²) in [4.78, 5) is 23.5. The van der Waals surface area contributed by atoms with Gasteiger partial charge in [-0.05, 0) is 58.2 Å². The van der Waals surface area contributed by atoms with Crippen molar-refractivity contribution in [2.45, 2.75) is 12.7 Å². The molecule has 0 heterocycles. The second kappa shape index (κ2) is 8.89. The van der Waals surface area contributed by atoms with Gasteiger partial charge in [0.15, 0.2) is 0 Å². The summed E-state index contributed by atoms with van der Waals surface area (Å²) in [5, 5.41) is 2.88. The maximum Gasteiger partial charge on any atom is 0.337 e. The number of thioether (sulfide) groups is 1. The van der Waals surface area contributed by atoms with Gasteiger partial charge in [0.25, 0.3) is 0 Å². The van der Waals surface area contributed by atoms with E-state index >= 15 is 0 Å². The van der Waals surface area contributed by atoms with Crippen LogP contribution in [0.25, 0.3) is 0 Å². The first-order valence-corrected chi connectivity index (χ1v) is 9.25. The van der Waals surface area contributed by atoms with E-state index in [1.54, 1.807) is 12.1 Å². The Balaban J connectivity index is 1.85. The number of rotatable bonds is 6. The van der Waals surface area contributed by atoms with Crippen molar-refractivity contribution in [3.63, 3.8) is 0 Å². The third-order valence-corrected chi connectivity index (χ3v) is 4.91. The Labute approximate surface area is 154 Å². The normalized spacial score (nSPS) is 10.3. The monoisotopic (exact) mass is 407 g/mol. The van der Waals surface area contributed by atoms with Crippen LogP contribution in [0.15, 0.2) is 46.9 Å². The summed E-state index contributed by atoms with van der Waals surface area (Å²) in [6, 6.07) is 13.0. The lowest BCUT2D eigenvalue weighted by Gasteiger charge is -2.08. The SMILES string of the molecule is COC(=O)c1cccc(CSCC(=O)Nc2ccc(C)cc2Br)c1. The zero-order valence-electron chi connectivity index (χ0n) is 13.5. The van der Waals surface area contributed by atoms with Gasteiger partial charge in [-0.15, -0.1) is 11.8 Å². The summed E-state index contributed by atoms with van der Waals surface area (Å²) >= 11 is 4.93. The fraction of sp³-hybridized carbons (Fsp3) is 0.222. The van der Waals surface area contributed by atoms with Crippen LogP contribution in [-0.2, 0) is 15.3 Å². The van der Waals surface area contributed by atoms with E-state index in [2.05, 4.69) is 21.2 Å². The maximum atomic E-state index is 12.0. The number of carbonyl (C=O) groups is 2. The van der Waals surface area contributed by atoms with Crippen LogP contribution in [0, 0.1) is 6.92 Å². The smallest absolute Gasteiger partial charge is 0.337 e. The number of aryl methyl sites for hydroxylation is 1. The molecule has 126 valence electrons. The minimum Gasteiger partial charge on any atom is -0.465 e. The summed E-state index contributed by atoms with van der Waals surface area (Å²) in [6.45, 7) is 1.99. The Morgan fingerprint density at radius 2 is 2.00 bits per heavy atom. The lowest BCUT2D eigenvalue weighted by Crippen LogP contribution is -2.14. The van der Waals surface area contributed by atoms with Crippen LogP contribution >= 0.6 is 27.7 Å². The van der Waals surface area contributed by atoms with Crippen molar-refractivity contribution in [1.29, 1.82) is 0 Å². The first kappa shape index (κ1) is 18.5. The number of amides is 1. The molecule has 4 nitrogen and oxygen atoms in total. The fourth-order valence-corrected chi connectivity index (χ4v) is 3.44. The van der Waals surface area contributed by atoms with Crippen LogP contribution in [0.3, 0.4) is 0 Å². The highest BCUT2D eigenvalue weighted by Crippen LogP contribution is 2.23. The molecule has 1 N–H and O–H groups in total. The van der Waals surface area contributed by atoms with Crippen molar-refractivity contribution >= 4 is 45.3 Å². The van der Waals surface area contributed by atoms with E-state index in [9.17, 15) is 9.59 Å². The van der Waals surface area contributed by atoms with Crippen LogP contribution in [0.2, 0.25) is 0 Å². The van der Waals surface area contributed by atoms with E-state index in [0.29, 0.717) is 17.1 Å². The minimum absolute atomic E-state index is 0.0614. The van der Waals surface area contributed by atoms with E-state index in [1.165, 1.54) is 18.9 Å². The molecule has 0 radical (unpaired) electrons. The summed E-state index contributed by atoms with van der Waals surface area (Å²) < 4.78 is 5.57. The van der Waals surface area contributed by atoms with Crippen LogP contribution in [0.1, 0.15) is 21.5 Å². The molecule has 0 fully saturated rings. The molecule has 0 unspecified atom stereocenters. The number of benzene rings is 2. The van der Waals surface area contributed by atoms with E-state index in [-0.39, 0.29) is 11.9 Å². The molecular formula is C18H18BrNO3S. The van der Waals surface area contributed by atoms with Crippen molar-refractivity contribution in [3.8, 4) is 0 Å². The molecule has 0 aliphatic carbocycles. The number of anilines is 1. The van der Waals surface area contributed by atoms with Crippen molar-refractivity contribution in [2.24, 2.45) is 0 Å². The molecule has 2 aromatic carbocycles. The van der Waals surface area contributed by atoms with E-state index in [1.807, 2.05) is 37.3 Å². The quantitative estimate of drug-likeness (QED) is 0.720. The zero-order valence-corrected chi connectivity index (χ0v) is 15.9. The molecule has 2 aromatic rings. The number of carbonyl (C=O) groups excluding carboxylic acids is 2. The Hall–Kier alpha value is -1.79. The molecule has 0 aliphatic heterocycles. The summed E-state index contributed by atoms with van der Waals surface area (Å²) in [5.74, 6) is 0.563. The van der Waals surface area contributed by atoms with E-state index < -0.39 is 0 Å². The van der Waals surface area contributed by atoms with Gasteiger partial charge in [0.05, 0.1) is 24.1 Å². The summed E-state index contributed by atoms with van der Waals surface area (Å²) in [5.41, 5.74) is 3.38. The van der Waals surface area contributed by atoms with Gasteiger partial charge < -0.3 is 10.1 Å². The Morgan fingerprint density at radius 3 is 2.71 bits per heavy atom. The van der Waals surface area contributed by atoms with Crippen LogP contribution in [0.4, 0.5) is 5.69 Å². The molecule has 0 saturated heterocycles. The highest BCUT2D eigenvalue weighted by atomic mass is 79.9. The predicted molar refractivity (Wildman–Crippen MR) is 101 cm³/mol. The van der Waals surface area contributed by atoms with Crippen molar-refractivity contribution in [1.82, 2.24) is 0 Å². The topological polar surface area (TPSA) is 55.4 Å². The van der Waals surface area contributed by atoms with Gasteiger partial charge in [-0.1, -0.05) is 18.2 Å². The van der Waals surface area contributed by atoms with Crippen molar-refractivity contribution in [3.05, 3.63) is 63.6 Å². The van der Waals surface area contributed by atoms with Gasteiger partial charge in [0.2, 0.25) is 5.91 Å². The summed E-state index contributed by atoms with van der Waals surface area (Å²) in [7, 11) is 1.36. The minimum atomic E-state index is -0.358. The molecule has 0 bridgehead atoms. The molecule has 0 saturated carbocycles. The van der Waals surface area contributed by atoms with E-state index in [4.69, 9.17) is 4.74 Å². The Bertz CT molecular complexity index is 749. The maximum absolute atomic E-state index is 12.0. The number of halogens is 1. The Kier molecular flexibility index (Phi) is 6.87. The van der Waals surface area contributed by atoms with Crippen molar-refractivity contribution in [2.75, 3.05) is 18.2 Å². The second-order valence-corrected chi connectivity index (χ2v) is 7.06. The van der Waals surface area contributed by atoms with Gasteiger partial charge in [-0.3, -0.25) is 4.79 Å². The fourth-order valence-electron chi connectivity index (χ4n) is 2.08. The molecule has 24 heavy (non-hydrogen) atoms. The number of hydrogen-bond acceptors (Lipinski definition) is 4. The molecular weight excluding hydrogens is 390 g/mol. The first-order chi connectivity index (χ1) is 11.5. The molecule has 6 heteroatoms. The van der Waals surface area contributed by atoms with Gasteiger partial charge in [-0.25, -0.2) is 4.79 Å². The number of esters is 1. The van der Waals surface area contributed by atoms with Crippen LogP contribution in [0.5, 0.6) is 0 Å². The predicted octanol–water partition coefficient (Wildman–Crippen LogP) is 4.42. The van der Waals surface area contributed by atoms with Gasteiger partial charge in [0.1, 0.15) is 0 Å². The third kappa shape index (κ3) is 5.39. The first-order valence-electron chi connectivity index (χ1n) is 7.30. The van der Waals surface area contributed by atoms with Gasteiger partial charge in [-0.2, -0.15) is 0 Å². The van der Waals surface area contributed by atoms with Crippen LogP contribution < -0.4 is 5.32 Å². The van der Waals surface area contributed by atoms with E-state index in [0.717, 1.165) is 21.3 Å². The number of methoxy groups -OCH3 is 1. The highest BCUT2D eigenvalue weighted by molar-refractivity contribution is 9.10. The molecule has 0 spiro atoms. The average Bonchev–Trinajstić information content (AvgIpc) is 2.57. The molecule has 0 aliphatic rings. The number of hydrogen-bond donors (Lipinski definition) is 1. The Morgan fingerprint density at radius 1 is 1.21 bits per heavy atom. The molecule has 0 atom stereocenters. The standard InChI is InChI=1S/C18H18BrNO3S/c1-12-6-7-16(15(19)8-12)20-17(21)11-24-10-13-4-3-5-14(9-13)18(22)23-2/h3-9H,10-11H2,1-2H3,(H,20,21). The highest BCUT2D eigenvalue weighted by Gasteiger charge is 2.08. The second-order valence-electron chi connectivity index (χ2n) is 5.22. The summed E-state index contributed by atoms with van der Waals surface area (Å²) in [6.07, 6.45) is 0. The van der Waals surface area contributed by atoms with Crippen LogP contribution in [-0.4, -0.2) is 24.7 Å². The average molecular weight is 408 g/mol. The lowest BCUT2D eigenvalue weighted by molar-refractivity contribution is -0.113. The molecule has 1 amide bonds. The molecule has 2 rings (SSSR count). The van der Waals surface area contributed by atoms with Crippen molar-refractivity contribution < 1.29 is 14.3 Å². The number of ether oxygens (including phenoxy) is 1. The largest absolute Gasteiger partial charge is 0.465 e. The third-order valence-electron chi connectivity index (χ3n) is 3.25. The lowest BCUT2D eigenvalue weighted by atomic mass is 10.1. The number of nitrogens with one attached hydrogen (secondary N) is 1. The molecule has 0 aromatic heterocycles. The van der Waals surface area contributed by atoms with Gasteiger partial charge >= 0.3 is 5.97 Å². The van der Waals surface area contributed by atoms with Gasteiger partial charge in [0, 0.05) is 10.2 Å².